The van der Waals surface area contributed by atoms with Crippen molar-refractivity contribution in [2.24, 2.45) is 5.92 Å². The van der Waals surface area contributed by atoms with Crippen molar-refractivity contribution in [1.29, 1.82) is 0 Å². The molecule has 2 aromatic heterocycles. The maximum Gasteiger partial charge on any atom is 0.357 e. The van der Waals surface area contributed by atoms with Crippen molar-refractivity contribution in [1.82, 2.24) is 9.97 Å². The first-order valence-electron chi connectivity index (χ1n) is 6.84. The van der Waals surface area contributed by atoms with Crippen molar-refractivity contribution in [3.63, 3.8) is 0 Å². The zero-order valence-corrected chi connectivity index (χ0v) is 15.5. The van der Waals surface area contributed by atoms with Crippen molar-refractivity contribution in [2.75, 3.05) is 12.4 Å². The Morgan fingerprint density at radius 1 is 1.26 bits per heavy atom. The van der Waals surface area contributed by atoms with Crippen molar-refractivity contribution in [3.8, 4) is 0 Å². The Bertz CT molecular complexity index is 740. The summed E-state index contributed by atoms with van der Waals surface area (Å²) in [6.45, 7) is 5.85. The first-order valence-corrected chi connectivity index (χ1v) is 8.85. The van der Waals surface area contributed by atoms with Crippen molar-refractivity contribution in [3.05, 3.63) is 25.6 Å². The molecule has 9 heteroatoms. The lowest BCUT2D eigenvalue weighted by molar-refractivity contribution is 0.0593. The van der Waals surface area contributed by atoms with Crippen LogP contribution < -0.4 is 5.32 Å². The van der Waals surface area contributed by atoms with E-state index in [2.05, 4.69) is 15.3 Å². The van der Waals surface area contributed by atoms with Crippen LogP contribution in [0.1, 0.15) is 44.6 Å². The molecule has 0 aliphatic heterocycles. The number of carbonyl (C=O) groups is 2. The predicted molar refractivity (Wildman–Crippen MR) is 91.8 cm³/mol. The topological polar surface area (TPSA) is 81.2 Å². The van der Waals surface area contributed by atoms with Gasteiger partial charge in [-0.25, -0.2) is 14.8 Å². The Labute approximate surface area is 146 Å². The summed E-state index contributed by atoms with van der Waals surface area (Å²) in [5.74, 6) is -0.556. The molecule has 6 nitrogen and oxygen atoms in total. The predicted octanol–water partition coefficient (Wildman–Crippen LogP) is 3.80. The van der Waals surface area contributed by atoms with E-state index in [0.717, 1.165) is 9.75 Å². The molecule has 0 radical (unpaired) electrons. The number of aryl methyl sites for hydroxylation is 1. The lowest BCUT2D eigenvalue weighted by Gasteiger charge is -2.02. The Hall–Kier alpha value is -1.51. The fraction of sp³-hybridized carbons (Fsp3) is 0.429. The monoisotopic (exact) mass is 373 g/mol. The van der Waals surface area contributed by atoms with E-state index in [9.17, 15) is 9.59 Å². The zero-order chi connectivity index (χ0) is 17.1. The second kappa shape index (κ2) is 7.37. The third-order valence-electron chi connectivity index (χ3n) is 2.88. The summed E-state index contributed by atoms with van der Waals surface area (Å²) in [4.78, 5) is 33.8. The molecule has 0 saturated carbocycles. The lowest BCUT2D eigenvalue weighted by atomic mass is 10.1. The maximum absolute atomic E-state index is 12.3. The van der Waals surface area contributed by atoms with Crippen LogP contribution in [0.25, 0.3) is 0 Å². The van der Waals surface area contributed by atoms with Crippen LogP contribution in [0.3, 0.4) is 0 Å². The highest BCUT2D eigenvalue weighted by Crippen LogP contribution is 2.28. The molecule has 0 aromatic carbocycles. The molecular formula is C14H16ClN3O3S2. The highest BCUT2D eigenvalue weighted by molar-refractivity contribution is 7.16. The van der Waals surface area contributed by atoms with Gasteiger partial charge in [0.05, 0.1) is 7.11 Å². The summed E-state index contributed by atoms with van der Waals surface area (Å²) in [5.41, 5.74) is 0.509. The fourth-order valence-electron chi connectivity index (χ4n) is 1.90. The highest BCUT2D eigenvalue weighted by Gasteiger charge is 2.22. The van der Waals surface area contributed by atoms with Crippen LogP contribution in [0, 0.1) is 12.8 Å². The largest absolute Gasteiger partial charge is 0.464 e. The highest BCUT2D eigenvalue weighted by atomic mass is 35.5. The molecule has 0 spiro atoms. The molecule has 2 aromatic rings. The van der Waals surface area contributed by atoms with Gasteiger partial charge < -0.3 is 4.74 Å². The Balaban J connectivity index is 2.26. The number of halogens is 1. The van der Waals surface area contributed by atoms with Crippen LogP contribution in [-0.4, -0.2) is 29.0 Å². The molecule has 0 aliphatic carbocycles. The van der Waals surface area contributed by atoms with Gasteiger partial charge in [-0.2, -0.15) is 0 Å². The Kier molecular flexibility index (Phi) is 5.72. The van der Waals surface area contributed by atoms with E-state index in [0.29, 0.717) is 21.9 Å². The number of anilines is 1. The number of aromatic nitrogens is 2. The summed E-state index contributed by atoms with van der Waals surface area (Å²) in [5, 5.41) is 3.01. The molecule has 0 bridgehead atoms. The van der Waals surface area contributed by atoms with Gasteiger partial charge in [0.1, 0.15) is 5.69 Å². The second-order valence-corrected chi connectivity index (χ2v) is 8.08. The van der Waals surface area contributed by atoms with Gasteiger partial charge in [0.15, 0.2) is 15.3 Å². The lowest BCUT2D eigenvalue weighted by Crippen LogP contribution is -2.13. The molecule has 0 aliphatic rings. The number of hydrogen-bond donors (Lipinski definition) is 1. The van der Waals surface area contributed by atoms with E-state index >= 15 is 0 Å². The molecular weight excluding hydrogens is 358 g/mol. The van der Waals surface area contributed by atoms with Crippen molar-refractivity contribution in [2.45, 2.75) is 27.2 Å². The van der Waals surface area contributed by atoms with Gasteiger partial charge in [-0.15, -0.1) is 22.7 Å². The molecule has 2 heterocycles. The Morgan fingerprint density at radius 3 is 2.48 bits per heavy atom. The number of ether oxygens (including phenoxy) is 1. The zero-order valence-electron chi connectivity index (χ0n) is 13.1. The molecule has 0 unspecified atom stereocenters. The van der Waals surface area contributed by atoms with Crippen LogP contribution in [0.4, 0.5) is 5.13 Å². The van der Waals surface area contributed by atoms with Gasteiger partial charge in [0, 0.05) is 9.75 Å². The van der Waals surface area contributed by atoms with Gasteiger partial charge >= 0.3 is 5.97 Å². The number of nitrogens with zero attached hydrogens (tertiary/aromatic N) is 2. The third-order valence-corrected chi connectivity index (χ3v) is 4.94. The van der Waals surface area contributed by atoms with Gasteiger partial charge in [-0.05, 0) is 19.3 Å². The number of thiazole rings is 2. The van der Waals surface area contributed by atoms with E-state index in [1.54, 1.807) is 6.92 Å². The molecule has 1 amide bonds. The summed E-state index contributed by atoms with van der Waals surface area (Å²) in [6, 6.07) is 0. The van der Waals surface area contributed by atoms with Crippen LogP contribution in [0.15, 0.2) is 0 Å². The number of esters is 1. The quantitative estimate of drug-likeness (QED) is 0.806. The molecule has 0 fully saturated rings. The molecule has 0 saturated heterocycles. The van der Waals surface area contributed by atoms with Gasteiger partial charge in [-0.3, -0.25) is 10.1 Å². The maximum atomic E-state index is 12.3. The van der Waals surface area contributed by atoms with E-state index < -0.39 is 11.9 Å². The minimum absolute atomic E-state index is 0.245. The van der Waals surface area contributed by atoms with E-state index in [-0.39, 0.29) is 11.4 Å². The molecule has 1 N–H and O–H groups in total. The van der Waals surface area contributed by atoms with Crippen LogP contribution >= 0.6 is 34.3 Å². The normalized spacial score (nSPS) is 10.9. The summed E-state index contributed by atoms with van der Waals surface area (Å²) < 4.78 is 5.06. The first kappa shape index (κ1) is 17.8. The minimum atomic E-state index is -0.509. The van der Waals surface area contributed by atoms with Crippen LogP contribution in [0.5, 0.6) is 0 Å². The van der Waals surface area contributed by atoms with Crippen molar-refractivity contribution < 1.29 is 14.3 Å². The van der Waals surface area contributed by atoms with Crippen LogP contribution in [0.2, 0.25) is 4.47 Å². The van der Waals surface area contributed by atoms with Crippen molar-refractivity contribution >= 4 is 51.3 Å². The average Bonchev–Trinajstić information content (AvgIpc) is 3.00. The number of methoxy groups -OCH3 is 1. The molecule has 2 rings (SSSR count). The molecule has 23 heavy (non-hydrogen) atoms. The average molecular weight is 374 g/mol. The van der Waals surface area contributed by atoms with Crippen LogP contribution in [-0.2, 0) is 11.2 Å². The minimum Gasteiger partial charge on any atom is -0.464 e. The van der Waals surface area contributed by atoms with E-state index in [4.69, 9.17) is 16.3 Å². The van der Waals surface area contributed by atoms with E-state index in [1.165, 1.54) is 29.8 Å². The third kappa shape index (κ3) is 4.27. The SMILES string of the molecule is COC(=O)c1nc(NC(=O)c2nc(Cl)sc2C)sc1CC(C)C. The Morgan fingerprint density at radius 2 is 1.96 bits per heavy atom. The summed E-state index contributed by atoms with van der Waals surface area (Å²) in [7, 11) is 1.31. The summed E-state index contributed by atoms with van der Waals surface area (Å²) >= 11 is 8.31. The van der Waals surface area contributed by atoms with Gasteiger partial charge in [0.25, 0.3) is 5.91 Å². The smallest absolute Gasteiger partial charge is 0.357 e. The van der Waals surface area contributed by atoms with Gasteiger partial charge in [0.2, 0.25) is 0 Å². The number of nitrogens with one attached hydrogen (secondary N) is 1. The molecule has 124 valence electrons. The number of amides is 1. The summed E-state index contributed by atoms with van der Waals surface area (Å²) in [6.07, 6.45) is 0.680. The number of carbonyl (C=O) groups excluding carboxylic acids is 2. The fourth-order valence-corrected chi connectivity index (χ4v) is 4.11. The van der Waals surface area contributed by atoms with Gasteiger partial charge in [-0.1, -0.05) is 25.4 Å². The number of rotatable bonds is 5. The second-order valence-electron chi connectivity index (χ2n) is 5.21. The van der Waals surface area contributed by atoms with E-state index in [1.807, 2.05) is 13.8 Å². The number of hydrogen-bond acceptors (Lipinski definition) is 7. The first-order chi connectivity index (χ1) is 10.8. The standard InChI is InChI=1S/C14H16ClN3O3S2/c1-6(2)5-8-10(12(20)21-4)17-14(23-8)18-11(19)9-7(3)22-13(15)16-9/h6H,5H2,1-4H3,(H,17,18,19). The molecule has 0 atom stereocenters.